The van der Waals surface area contributed by atoms with Crippen LogP contribution in [-0.4, -0.2) is 27.1 Å². The Morgan fingerprint density at radius 3 is 2.54 bits per heavy atom. The van der Waals surface area contributed by atoms with Crippen LogP contribution in [0.15, 0.2) is 48.5 Å². The van der Waals surface area contributed by atoms with Gasteiger partial charge in [-0.1, -0.05) is 42.0 Å². The molecule has 2 aromatic rings. The Kier molecular flexibility index (Phi) is 5.32. The average molecular weight is 372 g/mol. The molecular formula is C20H24N2O3S. The SMILES string of the molecule is Cc1ccc(N(CC(=O)N[C@@H]2CCCc3ccccc32)S(C)(=O)=O)cc1. The van der Waals surface area contributed by atoms with Gasteiger partial charge < -0.3 is 5.32 Å². The van der Waals surface area contributed by atoms with Crippen LogP contribution in [0.1, 0.15) is 35.6 Å². The number of rotatable bonds is 5. The first-order valence-corrected chi connectivity index (χ1v) is 10.6. The number of benzene rings is 2. The molecule has 0 unspecified atom stereocenters. The summed E-state index contributed by atoms with van der Waals surface area (Å²) in [6.07, 6.45) is 4.01. The van der Waals surface area contributed by atoms with Crippen LogP contribution < -0.4 is 9.62 Å². The normalized spacial score (nSPS) is 16.6. The van der Waals surface area contributed by atoms with Crippen molar-refractivity contribution in [1.29, 1.82) is 0 Å². The second-order valence-corrected chi connectivity index (χ2v) is 8.72. The zero-order chi connectivity index (χ0) is 18.7. The van der Waals surface area contributed by atoms with E-state index in [9.17, 15) is 13.2 Å². The lowest BCUT2D eigenvalue weighted by Crippen LogP contribution is -2.42. The molecule has 1 aliphatic rings. The van der Waals surface area contributed by atoms with Gasteiger partial charge in [0.2, 0.25) is 15.9 Å². The van der Waals surface area contributed by atoms with E-state index in [-0.39, 0.29) is 18.5 Å². The summed E-state index contributed by atoms with van der Waals surface area (Å²) in [4.78, 5) is 12.6. The molecule has 3 rings (SSSR count). The highest BCUT2D eigenvalue weighted by Crippen LogP contribution is 2.29. The zero-order valence-corrected chi connectivity index (χ0v) is 15.9. The number of carbonyl (C=O) groups excluding carboxylic acids is 1. The second-order valence-electron chi connectivity index (χ2n) is 6.82. The lowest BCUT2D eigenvalue weighted by Gasteiger charge is -2.28. The highest BCUT2D eigenvalue weighted by Gasteiger charge is 2.25. The van der Waals surface area contributed by atoms with Crippen LogP contribution in [0.2, 0.25) is 0 Å². The monoisotopic (exact) mass is 372 g/mol. The first-order chi connectivity index (χ1) is 12.3. The Bertz CT molecular complexity index is 892. The summed E-state index contributed by atoms with van der Waals surface area (Å²) in [7, 11) is -3.55. The minimum absolute atomic E-state index is 0.0631. The second kappa shape index (κ2) is 7.50. The molecular weight excluding hydrogens is 348 g/mol. The zero-order valence-electron chi connectivity index (χ0n) is 15.1. The van der Waals surface area contributed by atoms with Gasteiger partial charge in [0.15, 0.2) is 0 Å². The van der Waals surface area contributed by atoms with Crippen molar-refractivity contribution in [3.05, 3.63) is 65.2 Å². The van der Waals surface area contributed by atoms with Gasteiger partial charge in [-0.05, 0) is 49.4 Å². The minimum atomic E-state index is -3.55. The third kappa shape index (κ3) is 4.25. The number of anilines is 1. The van der Waals surface area contributed by atoms with Gasteiger partial charge in [0, 0.05) is 0 Å². The molecule has 0 fully saturated rings. The maximum atomic E-state index is 12.6. The molecule has 0 aliphatic heterocycles. The van der Waals surface area contributed by atoms with Crippen LogP contribution in [0.5, 0.6) is 0 Å². The maximum absolute atomic E-state index is 12.6. The van der Waals surface area contributed by atoms with E-state index in [1.165, 1.54) is 5.56 Å². The molecule has 1 atom stereocenters. The van der Waals surface area contributed by atoms with E-state index in [1.807, 2.05) is 37.3 Å². The summed E-state index contributed by atoms with van der Waals surface area (Å²) >= 11 is 0. The summed E-state index contributed by atoms with van der Waals surface area (Å²) in [5.41, 5.74) is 3.92. The van der Waals surface area contributed by atoms with Crippen LogP contribution in [0.4, 0.5) is 5.69 Å². The molecule has 0 aromatic heterocycles. The van der Waals surface area contributed by atoms with Gasteiger partial charge in [-0.25, -0.2) is 8.42 Å². The van der Waals surface area contributed by atoms with E-state index in [2.05, 4.69) is 11.4 Å². The van der Waals surface area contributed by atoms with E-state index in [1.54, 1.807) is 12.1 Å². The Hall–Kier alpha value is -2.34. The fraction of sp³-hybridized carbons (Fsp3) is 0.350. The highest BCUT2D eigenvalue weighted by atomic mass is 32.2. The van der Waals surface area contributed by atoms with Crippen LogP contribution in [0.3, 0.4) is 0 Å². The molecule has 0 saturated heterocycles. The van der Waals surface area contributed by atoms with Gasteiger partial charge in [-0.15, -0.1) is 0 Å². The topological polar surface area (TPSA) is 66.5 Å². The fourth-order valence-electron chi connectivity index (χ4n) is 3.39. The quantitative estimate of drug-likeness (QED) is 0.877. The van der Waals surface area contributed by atoms with Crippen molar-refractivity contribution < 1.29 is 13.2 Å². The van der Waals surface area contributed by atoms with Gasteiger partial charge in [0.25, 0.3) is 0 Å². The third-order valence-corrected chi connectivity index (χ3v) is 5.85. The Morgan fingerprint density at radius 1 is 1.15 bits per heavy atom. The van der Waals surface area contributed by atoms with Gasteiger partial charge in [-0.3, -0.25) is 9.10 Å². The minimum Gasteiger partial charge on any atom is -0.348 e. The van der Waals surface area contributed by atoms with Crippen LogP contribution in [0.25, 0.3) is 0 Å². The summed E-state index contributed by atoms with van der Waals surface area (Å²) in [6.45, 7) is 1.71. The number of sulfonamides is 1. The number of aryl methyl sites for hydroxylation is 2. The molecule has 1 amide bonds. The van der Waals surface area contributed by atoms with Crippen molar-refractivity contribution in [3.63, 3.8) is 0 Å². The van der Waals surface area contributed by atoms with E-state index in [4.69, 9.17) is 0 Å². The molecule has 1 N–H and O–H groups in total. The number of fused-ring (bicyclic) bond motifs is 1. The predicted molar refractivity (Wildman–Crippen MR) is 104 cm³/mol. The molecule has 0 bridgehead atoms. The van der Waals surface area contributed by atoms with E-state index in [0.717, 1.165) is 41.0 Å². The molecule has 0 radical (unpaired) electrons. The number of hydrogen-bond donors (Lipinski definition) is 1. The first-order valence-electron chi connectivity index (χ1n) is 8.76. The fourth-order valence-corrected chi connectivity index (χ4v) is 4.24. The lowest BCUT2D eigenvalue weighted by atomic mass is 9.88. The van der Waals surface area contributed by atoms with E-state index < -0.39 is 10.0 Å². The van der Waals surface area contributed by atoms with E-state index in [0.29, 0.717) is 5.69 Å². The Morgan fingerprint density at radius 2 is 1.85 bits per heavy atom. The van der Waals surface area contributed by atoms with Crippen molar-refractivity contribution in [3.8, 4) is 0 Å². The van der Waals surface area contributed by atoms with Gasteiger partial charge >= 0.3 is 0 Å². The molecule has 6 heteroatoms. The third-order valence-electron chi connectivity index (χ3n) is 4.71. The molecule has 0 spiro atoms. The summed E-state index contributed by atoms with van der Waals surface area (Å²) in [5.74, 6) is -0.294. The molecule has 2 aromatic carbocycles. The van der Waals surface area contributed by atoms with Gasteiger partial charge in [0.05, 0.1) is 18.0 Å². The number of amides is 1. The van der Waals surface area contributed by atoms with Crippen molar-refractivity contribution in [2.24, 2.45) is 0 Å². The number of nitrogens with one attached hydrogen (secondary N) is 1. The summed E-state index contributed by atoms with van der Waals surface area (Å²) in [6, 6.07) is 15.2. The van der Waals surface area contributed by atoms with E-state index >= 15 is 0 Å². The van der Waals surface area contributed by atoms with Crippen LogP contribution in [0, 0.1) is 6.92 Å². The Labute approximate surface area is 155 Å². The van der Waals surface area contributed by atoms with Crippen molar-refractivity contribution >= 4 is 21.6 Å². The van der Waals surface area contributed by atoms with Crippen LogP contribution >= 0.6 is 0 Å². The standard InChI is InChI=1S/C20H24N2O3S/c1-15-10-12-17(13-11-15)22(26(2,24)25)14-20(23)21-19-9-5-7-16-6-3-4-8-18(16)19/h3-4,6,8,10-13,19H,5,7,9,14H2,1-2H3,(H,21,23)/t19-/m1/s1. The number of hydrogen-bond acceptors (Lipinski definition) is 3. The van der Waals surface area contributed by atoms with Gasteiger partial charge in [-0.2, -0.15) is 0 Å². The number of carbonyl (C=O) groups is 1. The van der Waals surface area contributed by atoms with Gasteiger partial charge in [0.1, 0.15) is 6.54 Å². The first kappa shape index (κ1) is 18.5. The Balaban J connectivity index is 1.76. The van der Waals surface area contributed by atoms with Crippen molar-refractivity contribution in [1.82, 2.24) is 5.32 Å². The smallest absolute Gasteiger partial charge is 0.241 e. The number of nitrogens with zero attached hydrogens (tertiary/aromatic N) is 1. The molecule has 138 valence electrons. The maximum Gasteiger partial charge on any atom is 0.241 e. The lowest BCUT2D eigenvalue weighted by molar-refractivity contribution is -0.120. The predicted octanol–water partition coefficient (Wildman–Crippen LogP) is 2.95. The highest BCUT2D eigenvalue weighted by molar-refractivity contribution is 7.92. The summed E-state index contributed by atoms with van der Waals surface area (Å²) < 4.78 is 25.5. The molecule has 0 saturated carbocycles. The average Bonchev–Trinajstić information content (AvgIpc) is 2.60. The van der Waals surface area contributed by atoms with Crippen molar-refractivity contribution in [2.75, 3.05) is 17.1 Å². The molecule has 5 nitrogen and oxygen atoms in total. The summed E-state index contributed by atoms with van der Waals surface area (Å²) in [5, 5.41) is 3.01. The molecule has 26 heavy (non-hydrogen) atoms. The molecule has 1 aliphatic carbocycles. The largest absolute Gasteiger partial charge is 0.348 e. The molecule has 0 heterocycles. The van der Waals surface area contributed by atoms with Crippen molar-refractivity contribution in [2.45, 2.75) is 32.2 Å². The van der Waals surface area contributed by atoms with Crippen LogP contribution in [-0.2, 0) is 21.2 Å².